The van der Waals surface area contributed by atoms with Gasteiger partial charge >= 0.3 is 11.9 Å². The van der Waals surface area contributed by atoms with Crippen molar-refractivity contribution in [3.05, 3.63) is 46.2 Å². The summed E-state index contributed by atoms with van der Waals surface area (Å²) in [5.74, 6) is -1.69. The van der Waals surface area contributed by atoms with Gasteiger partial charge in [0.25, 0.3) is 0 Å². The van der Waals surface area contributed by atoms with Crippen molar-refractivity contribution in [1.29, 1.82) is 0 Å². The van der Waals surface area contributed by atoms with Crippen LogP contribution in [-0.2, 0) is 20.8 Å². The van der Waals surface area contributed by atoms with E-state index in [9.17, 15) is 14.4 Å². The summed E-state index contributed by atoms with van der Waals surface area (Å²) in [5, 5.41) is 7.14. The molecule has 1 N–H and O–H groups in total. The number of anilines is 1. The van der Waals surface area contributed by atoms with Crippen LogP contribution in [0.2, 0.25) is 5.02 Å². The highest BCUT2D eigenvalue weighted by atomic mass is 35.5. The number of hydrogen-bond acceptors (Lipinski definition) is 6. The number of nitrogens with zero attached hydrogens (tertiary/aromatic N) is 2. The first-order valence-corrected chi connectivity index (χ1v) is 7.53. The quantitative estimate of drug-likeness (QED) is 0.814. The molecule has 0 fully saturated rings. The summed E-state index contributed by atoms with van der Waals surface area (Å²) in [4.78, 5) is 35.6. The molecule has 0 unspecified atom stereocenters. The Balaban J connectivity index is 2.23. The molecule has 9 heteroatoms. The molecule has 1 heterocycles. The molecule has 0 spiro atoms. The van der Waals surface area contributed by atoms with Crippen molar-refractivity contribution in [2.75, 3.05) is 19.5 Å². The minimum absolute atomic E-state index is 0.0798. The van der Waals surface area contributed by atoms with Crippen LogP contribution < -0.4 is 5.32 Å². The van der Waals surface area contributed by atoms with Gasteiger partial charge in [-0.15, -0.1) is 0 Å². The van der Waals surface area contributed by atoms with Crippen LogP contribution in [0.15, 0.2) is 24.4 Å². The molecule has 25 heavy (non-hydrogen) atoms. The SMILES string of the molecule is COC(=O)c1cc(NC(=O)Cn2cc(Cl)c(C)n2)cc(C(=O)OC)c1. The molecule has 0 aliphatic heterocycles. The maximum absolute atomic E-state index is 12.2. The number of methoxy groups -OCH3 is 2. The second-order valence-electron chi connectivity index (χ2n) is 5.09. The van der Waals surface area contributed by atoms with Crippen LogP contribution in [-0.4, -0.2) is 41.8 Å². The van der Waals surface area contributed by atoms with Crippen LogP contribution in [0.3, 0.4) is 0 Å². The summed E-state index contributed by atoms with van der Waals surface area (Å²) >= 11 is 5.90. The molecule has 0 aliphatic carbocycles. The van der Waals surface area contributed by atoms with E-state index in [-0.39, 0.29) is 23.4 Å². The third-order valence-corrected chi connectivity index (χ3v) is 3.62. The van der Waals surface area contributed by atoms with Gasteiger partial charge < -0.3 is 14.8 Å². The Bertz CT molecular complexity index is 777. The number of rotatable bonds is 5. The molecule has 1 amide bonds. The zero-order valence-electron chi connectivity index (χ0n) is 13.8. The van der Waals surface area contributed by atoms with E-state index in [1.54, 1.807) is 6.92 Å². The van der Waals surface area contributed by atoms with Gasteiger partial charge in [-0.1, -0.05) is 11.6 Å². The van der Waals surface area contributed by atoms with E-state index in [0.717, 1.165) is 0 Å². The lowest BCUT2D eigenvalue weighted by Gasteiger charge is -2.09. The summed E-state index contributed by atoms with van der Waals surface area (Å²) < 4.78 is 10.7. The fourth-order valence-corrected chi connectivity index (χ4v) is 2.24. The zero-order chi connectivity index (χ0) is 18.6. The Morgan fingerprint density at radius 2 is 1.68 bits per heavy atom. The highest BCUT2D eigenvalue weighted by Crippen LogP contribution is 2.17. The number of hydrogen-bond donors (Lipinski definition) is 1. The number of aryl methyl sites for hydroxylation is 1. The van der Waals surface area contributed by atoms with Crippen LogP contribution in [0.4, 0.5) is 5.69 Å². The Hall–Kier alpha value is -2.87. The van der Waals surface area contributed by atoms with Crippen molar-refractivity contribution in [1.82, 2.24) is 9.78 Å². The first kappa shape index (κ1) is 18.5. The lowest BCUT2D eigenvalue weighted by Crippen LogP contribution is -2.20. The highest BCUT2D eigenvalue weighted by Gasteiger charge is 2.15. The largest absolute Gasteiger partial charge is 0.465 e. The van der Waals surface area contributed by atoms with Gasteiger partial charge in [0.2, 0.25) is 5.91 Å². The number of esters is 2. The minimum Gasteiger partial charge on any atom is -0.465 e. The predicted molar refractivity (Wildman–Crippen MR) is 89.7 cm³/mol. The summed E-state index contributed by atoms with van der Waals surface area (Å²) in [6.45, 7) is 1.64. The normalized spacial score (nSPS) is 10.2. The van der Waals surface area contributed by atoms with Gasteiger partial charge in [-0.05, 0) is 25.1 Å². The van der Waals surface area contributed by atoms with Gasteiger partial charge in [-0.2, -0.15) is 5.10 Å². The minimum atomic E-state index is -0.643. The molecule has 1 aromatic heterocycles. The van der Waals surface area contributed by atoms with E-state index in [4.69, 9.17) is 11.6 Å². The summed E-state index contributed by atoms with van der Waals surface area (Å²) in [6.07, 6.45) is 1.53. The van der Waals surface area contributed by atoms with E-state index in [1.807, 2.05) is 0 Å². The van der Waals surface area contributed by atoms with Crippen LogP contribution in [0.25, 0.3) is 0 Å². The molecule has 2 rings (SSSR count). The Morgan fingerprint density at radius 3 is 2.12 bits per heavy atom. The average Bonchev–Trinajstić information content (AvgIpc) is 2.90. The monoisotopic (exact) mass is 365 g/mol. The molecule has 0 saturated heterocycles. The number of nitrogens with one attached hydrogen (secondary N) is 1. The van der Waals surface area contributed by atoms with E-state index < -0.39 is 17.8 Å². The Labute approximate surface area is 148 Å². The van der Waals surface area contributed by atoms with Crippen LogP contribution in [0, 0.1) is 6.92 Å². The molecular formula is C16H16ClN3O5. The molecule has 0 bridgehead atoms. The predicted octanol–water partition coefficient (Wildman–Crippen LogP) is 2.06. The van der Waals surface area contributed by atoms with E-state index in [1.165, 1.54) is 43.3 Å². The van der Waals surface area contributed by atoms with E-state index in [2.05, 4.69) is 19.9 Å². The number of halogens is 1. The van der Waals surface area contributed by atoms with Crippen LogP contribution >= 0.6 is 11.6 Å². The molecule has 0 aliphatic rings. The summed E-state index contributed by atoms with van der Waals surface area (Å²) in [5.41, 5.74) is 1.08. The fourth-order valence-electron chi connectivity index (χ4n) is 2.09. The second-order valence-corrected chi connectivity index (χ2v) is 5.50. The highest BCUT2D eigenvalue weighted by molar-refractivity contribution is 6.31. The van der Waals surface area contributed by atoms with Crippen molar-refractivity contribution >= 4 is 35.1 Å². The first-order valence-electron chi connectivity index (χ1n) is 7.15. The zero-order valence-corrected chi connectivity index (χ0v) is 14.6. The maximum Gasteiger partial charge on any atom is 0.337 e. The van der Waals surface area contributed by atoms with Gasteiger partial charge in [-0.25, -0.2) is 9.59 Å². The maximum atomic E-state index is 12.2. The number of ether oxygens (including phenoxy) is 2. The molecule has 0 radical (unpaired) electrons. The molecular weight excluding hydrogens is 350 g/mol. The van der Waals surface area contributed by atoms with Crippen molar-refractivity contribution in [3.8, 4) is 0 Å². The Morgan fingerprint density at radius 1 is 1.12 bits per heavy atom. The van der Waals surface area contributed by atoms with Crippen molar-refractivity contribution in [3.63, 3.8) is 0 Å². The van der Waals surface area contributed by atoms with Crippen molar-refractivity contribution in [2.24, 2.45) is 0 Å². The van der Waals surface area contributed by atoms with Gasteiger partial charge in [0.1, 0.15) is 6.54 Å². The van der Waals surface area contributed by atoms with E-state index >= 15 is 0 Å². The number of carbonyl (C=O) groups excluding carboxylic acids is 3. The number of amides is 1. The van der Waals surface area contributed by atoms with Gasteiger partial charge in [0.05, 0.1) is 36.1 Å². The van der Waals surface area contributed by atoms with Crippen LogP contribution in [0.5, 0.6) is 0 Å². The standard InChI is InChI=1S/C16H16ClN3O5/c1-9-13(17)7-20(19-9)8-14(21)18-12-5-10(15(22)24-2)4-11(6-12)16(23)25-3/h4-7H,8H2,1-3H3,(H,18,21). The molecule has 8 nitrogen and oxygen atoms in total. The summed E-state index contributed by atoms with van der Waals surface area (Å²) in [6, 6.07) is 4.12. The van der Waals surface area contributed by atoms with Crippen molar-refractivity contribution < 1.29 is 23.9 Å². The number of benzene rings is 1. The second kappa shape index (κ2) is 7.80. The van der Waals surface area contributed by atoms with Crippen LogP contribution in [0.1, 0.15) is 26.4 Å². The topological polar surface area (TPSA) is 99.5 Å². The third-order valence-electron chi connectivity index (χ3n) is 3.25. The van der Waals surface area contributed by atoms with Gasteiger partial charge in [-0.3, -0.25) is 9.48 Å². The molecule has 0 saturated carbocycles. The van der Waals surface area contributed by atoms with E-state index in [0.29, 0.717) is 10.7 Å². The fraction of sp³-hybridized carbons (Fsp3) is 0.250. The lowest BCUT2D eigenvalue weighted by atomic mass is 10.1. The smallest absolute Gasteiger partial charge is 0.337 e. The third kappa shape index (κ3) is 4.57. The molecule has 0 atom stereocenters. The number of carbonyl (C=O) groups is 3. The summed E-state index contributed by atoms with van der Waals surface area (Å²) in [7, 11) is 2.43. The molecule has 1 aromatic carbocycles. The molecule has 2 aromatic rings. The average molecular weight is 366 g/mol. The van der Waals surface area contributed by atoms with Gasteiger partial charge in [0, 0.05) is 11.9 Å². The van der Waals surface area contributed by atoms with Gasteiger partial charge in [0.15, 0.2) is 0 Å². The Kier molecular flexibility index (Phi) is 5.76. The number of aromatic nitrogens is 2. The first-order chi connectivity index (χ1) is 11.8. The lowest BCUT2D eigenvalue weighted by molar-refractivity contribution is -0.116. The van der Waals surface area contributed by atoms with Crippen molar-refractivity contribution in [2.45, 2.75) is 13.5 Å². The molecule has 132 valence electrons.